The number of rotatable bonds is 11. The Morgan fingerprint density at radius 3 is 2.25 bits per heavy atom. The second-order valence-corrected chi connectivity index (χ2v) is 11.6. The molecule has 0 saturated heterocycles. The van der Waals surface area contributed by atoms with Gasteiger partial charge in [-0.15, -0.1) is 0 Å². The first-order valence-corrected chi connectivity index (χ1v) is 13.8. The Hall–Kier alpha value is -2.33. The Morgan fingerprint density at radius 2 is 1.69 bits per heavy atom. The molecule has 0 saturated carbocycles. The molecule has 0 radical (unpaired) electrons. The van der Waals surface area contributed by atoms with E-state index in [9.17, 15) is 18.0 Å². The summed E-state index contributed by atoms with van der Waals surface area (Å²) in [5.74, 6) is -0.863. The minimum Gasteiger partial charge on any atom is -0.355 e. The van der Waals surface area contributed by atoms with Gasteiger partial charge in [0.1, 0.15) is 12.6 Å². The van der Waals surface area contributed by atoms with E-state index in [1.807, 2.05) is 19.1 Å². The molecule has 1 unspecified atom stereocenters. The minimum atomic E-state index is -4.03. The van der Waals surface area contributed by atoms with E-state index >= 15 is 0 Å². The second-order valence-electron chi connectivity index (χ2n) is 8.66. The summed E-state index contributed by atoms with van der Waals surface area (Å²) in [5, 5.41) is 3.55. The molecule has 2 rings (SSSR count). The molecule has 0 bridgehead atoms. The van der Waals surface area contributed by atoms with Crippen LogP contribution >= 0.6 is 23.2 Å². The van der Waals surface area contributed by atoms with Crippen molar-refractivity contribution < 1.29 is 18.0 Å². The number of hydrogen-bond donors (Lipinski definition) is 1. The summed E-state index contributed by atoms with van der Waals surface area (Å²) in [6.07, 6.45) is 0.326. The smallest absolute Gasteiger partial charge is 0.304 e. The fourth-order valence-corrected chi connectivity index (χ4v) is 5.32. The van der Waals surface area contributed by atoms with Crippen molar-refractivity contribution in [3.05, 3.63) is 63.1 Å². The molecule has 0 aromatic heterocycles. The van der Waals surface area contributed by atoms with Crippen molar-refractivity contribution in [2.45, 2.75) is 46.7 Å². The lowest BCUT2D eigenvalue weighted by Crippen LogP contribution is -2.53. The Morgan fingerprint density at radius 1 is 1.03 bits per heavy atom. The molecule has 2 aromatic carbocycles. The zero-order chi connectivity index (χ0) is 27.2. The molecular formula is C25H34Cl2N4O4S. The highest BCUT2D eigenvalue weighted by molar-refractivity contribution is 7.90. The van der Waals surface area contributed by atoms with Gasteiger partial charge in [0.2, 0.25) is 11.8 Å². The third-order valence-electron chi connectivity index (χ3n) is 5.74. The van der Waals surface area contributed by atoms with Crippen molar-refractivity contribution in [1.29, 1.82) is 0 Å². The number of hydrogen-bond acceptors (Lipinski definition) is 4. The molecule has 0 aliphatic heterocycles. The number of nitrogens with zero attached hydrogens (tertiary/aromatic N) is 3. The molecule has 0 fully saturated rings. The van der Waals surface area contributed by atoms with E-state index in [0.29, 0.717) is 39.8 Å². The van der Waals surface area contributed by atoms with Gasteiger partial charge in [-0.3, -0.25) is 9.59 Å². The van der Waals surface area contributed by atoms with Gasteiger partial charge in [-0.25, -0.2) is 4.31 Å². The van der Waals surface area contributed by atoms with E-state index in [1.54, 1.807) is 45.0 Å². The maximum Gasteiger partial charge on any atom is 0.304 e. The van der Waals surface area contributed by atoms with E-state index in [2.05, 4.69) is 5.32 Å². The van der Waals surface area contributed by atoms with Gasteiger partial charge >= 0.3 is 10.2 Å². The van der Waals surface area contributed by atoms with Gasteiger partial charge in [0, 0.05) is 37.2 Å². The number of halogens is 2. The number of benzene rings is 2. The molecule has 0 spiro atoms. The van der Waals surface area contributed by atoms with E-state index in [-0.39, 0.29) is 12.5 Å². The SMILES string of the molecule is CCNC(=O)C(CC)N(Cc1ccc(Cl)cc1Cl)C(=O)CN(c1cc(C)ccc1C)S(=O)(=O)N(C)C. The molecule has 198 valence electrons. The molecular weight excluding hydrogens is 523 g/mol. The van der Waals surface area contributed by atoms with Crippen LogP contribution in [0.1, 0.15) is 37.0 Å². The number of likely N-dealkylation sites (N-methyl/N-ethyl adjacent to an activating group) is 1. The maximum absolute atomic E-state index is 13.8. The van der Waals surface area contributed by atoms with Gasteiger partial charge in [0.15, 0.2) is 0 Å². The molecule has 1 atom stereocenters. The highest BCUT2D eigenvalue weighted by Crippen LogP contribution is 2.27. The minimum absolute atomic E-state index is 0.00707. The number of carbonyl (C=O) groups excluding carboxylic acids is 2. The zero-order valence-electron chi connectivity index (χ0n) is 21.5. The monoisotopic (exact) mass is 556 g/mol. The first-order chi connectivity index (χ1) is 16.8. The van der Waals surface area contributed by atoms with Crippen molar-refractivity contribution in [1.82, 2.24) is 14.5 Å². The van der Waals surface area contributed by atoms with Gasteiger partial charge in [-0.05, 0) is 62.1 Å². The molecule has 11 heteroatoms. The summed E-state index contributed by atoms with van der Waals surface area (Å²) < 4.78 is 28.8. The predicted molar refractivity (Wildman–Crippen MR) is 146 cm³/mol. The number of nitrogens with one attached hydrogen (secondary N) is 1. The van der Waals surface area contributed by atoms with Crippen molar-refractivity contribution in [3.8, 4) is 0 Å². The van der Waals surface area contributed by atoms with Crippen LogP contribution in [0, 0.1) is 13.8 Å². The van der Waals surface area contributed by atoms with Crippen LogP contribution in [0.2, 0.25) is 10.0 Å². The van der Waals surface area contributed by atoms with E-state index in [0.717, 1.165) is 14.2 Å². The topological polar surface area (TPSA) is 90.0 Å². The molecule has 0 aliphatic carbocycles. The zero-order valence-corrected chi connectivity index (χ0v) is 23.8. The third-order valence-corrected chi connectivity index (χ3v) is 8.14. The Balaban J connectivity index is 2.58. The van der Waals surface area contributed by atoms with Crippen LogP contribution in [0.3, 0.4) is 0 Å². The Labute approximate surface area is 224 Å². The Bertz CT molecular complexity index is 1200. The van der Waals surface area contributed by atoms with E-state index < -0.39 is 28.7 Å². The summed E-state index contributed by atoms with van der Waals surface area (Å²) in [6, 6.07) is 9.48. The summed E-state index contributed by atoms with van der Waals surface area (Å²) >= 11 is 12.4. The highest BCUT2D eigenvalue weighted by atomic mass is 35.5. The van der Waals surface area contributed by atoms with Crippen LogP contribution in [0.25, 0.3) is 0 Å². The van der Waals surface area contributed by atoms with Crippen molar-refractivity contribution in [2.24, 2.45) is 0 Å². The standard InChI is InChI=1S/C25H34Cl2N4O4S/c1-7-22(25(33)28-8-2)30(15-19-11-12-20(26)14-21(19)27)24(32)16-31(36(34,35)29(5)6)23-13-17(3)9-10-18(23)4/h9-14,22H,7-8,15-16H2,1-6H3,(H,28,33). The van der Waals surface area contributed by atoms with Crippen LogP contribution in [-0.4, -0.2) is 62.7 Å². The van der Waals surface area contributed by atoms with Gasteiger partial charge in [0.25, 0.3) is 0 Å². The van der Waals surface area contributed by atoms with Crippen LogP contribution in [0.5, 0.6) is 0 Å². The lowest BCUT2D eigenvalue weighted by Gasteiger charge is -2.34. The van der Waals surface area contributed by atoms with Crippen LogP contribution in [-0.2, 0) is 26.3 Å². The predicted octanol–water partition coefficient (Wildman–Crippen LogP) is 4.17. The van der Waals surface area contributed by atoms with Crippen molar-refractivity contribution >= 4 is 50.9 Å². The molecule has 0 heterocycles. The normalized spacial score (nSPS) is 12.4. The van der Waals surface area contributed by atoms with Crippen LogP contribution in [0.4, 0.5) is 5.69 Å². The quantitative estimate of drug-likeness (QED) is 0.449. The fourth-order valence-electron chi connectivity index (χ4n) is 3.73. The highest BCUT2D eigenvalue weighted by Gasteiger charge is 2.34. The molecule has 2 amide bonds. The molecule has 36 heavy (non-hydrogen) atoms. The van der Waals surface area contributed by atoms with Gasteiger partial charge in [-0.2, -0.15) is 12.7 Å². The van der Waals surface area contributed by atoms with Crippen molar-refractivity contribution in [2.75, 3.05) is 31.5 Å². The summed E-state index contributed by atoms with van der Waals surface area (Å²) in [4.78, 5) is 28.1. The lowest BCUT2D eigenvalue weighted by atomic mass is 10.1. The third kappa shape index (κ3) is 7.12. The first kappa shape index (κ1) is 29.9. The van der Waals surface area contributed by atoms with Gasteiger partial charge in [0.05, 0.1) is 5.69 Å². The van der Waals surface area contributed by atoms with Crippen LogP contribution < -0.4 is 9.62 Å². The Kier molecular flexibility index (Phi) is 10.6. The van der Waals surface area contributed by atoms with E-state index in [1.165, 1.54) is 19.0 Å². The molecule has 0 aliphatic rings. The number of anilines is 1. The lowest BCUT2D eigenvalue weighted by molar-refractivity contribution is -0.140. The van der Waals surface area contributed by atoms with Gasteiger partial charge < -0.3 is 10.2 Å². The van der Waals surface area contributed by atoms with Gasteiger partial charge in [-0.1, -0.05) is 48.3 Å². The molecule has 8 nitrogen and oxygen atoms in total. The first-order valence-electron chi connectivity index (χ1n) is 11.6. The van der Waals surface area contributed by atoms with Crippen molar-refractivity contribution in [3.63, 3.8) is 0 Å². The average molecular weight is 558 g/mol. The molecule has 2 aromatic rings. The van der Waals surface area contributed by atoms with Crippen LogP contribution in [0.15, 0.2) is 36.4 Å². The summed E-state index contributed by atoms with van der Waals surface area (Å²) in [6.45, 7) is 7.12. The fraction of sp³-hybridized carbons (Fsp3) is 0.440. The molecule has 1 N–H and O–H groups in total. The second kappa shape index (κ2) is 12.8. The average Bonchev–Trinajstić information content (AvgIpc) is 2.80. The summed E-state index contributed by atoms with van der Waals surface area (Å²) in [7, 11) is -1.22. The van der Waals surface area contributed by atoms with E-state index in [4.69, 9.17) is 23.2 Å². The maximum atomic E-state index is 13.8. The number of carbonyl (C=O) groups is 2. The number of amides is 2. The summed E-state index contributed by atoms with van der Waals surface area (Å²) in [5.41, 5.74) is 2.53. The number of aryl methyl sites for hydroxylation is 2. The largest absolute Gasteiger partial charge is 0.355 e.